The summed E-state index contributed by atoms with van der Waals surface area (Å²) < 4.78 is 0. The fraction of sp³-hybridized carbons (Fsp3) is 0.600. The second-order valence-electron chi connectivity index (χ2n) is 4.65. The van der Waals surface area contributed by atoms with Gasteiger partial charge in [-0.25, -0.2) is 0 Å². The molecule has 0 heterocycles. The molecular weight excluding hydrogens is 196 g/mol. The highest BCUT2D eigenvalue weighted by Gasteiger charge is 2.19. The third-order valence-electron chi connectivity index (χ3n) is 3.04. The van der Waals surface area contributed by atoms with Crippen LogP contribution in [0.5, 0.6) is 0 Å². The first kappa shape index (κ1) is 13.1. The number of hydrogen-bond acceptors (Lipinski definition) is 1. The van der Waals surface area contributed by atoms with Crippen LogP contribution >= 0.6 is 0 Å². The van der Waals surface area contributed by atoms with Crippen LogP contribution in [0.1, 0.15) is 52.9 Å². The minimum Gasteiger partial charge on any atom is -0.512 e. The van der Waals surface area contributed by atoms with Gasteiger partial charge < -0.3 is 5.11 Å². The van der Waals surface area contributed by atoms with E-state index in [9.17, 15) is 5.11 Å². The molecule has 0 aromatic rings. The van der Waals surface area contributed by atoms with Crippen LogP contribution in [0.15, 0.2) is 35.1 Å². The summed E-state index contributed by atoms with van der Waals surface area (Å²) in [6.07, 6.45) is 12.1. The highest BCUT2D eigenvalue weighted by Crippen LogP contribution is 2.31. The molecule has 1 aliphatic carbocycles. The van der Waals surface area contributed by atoms with Gasteiger partial charge in [0.1, 0.15) is 0 Å². The van der Waals surface area contributed by atoms with Crippen LogP contribution < -0.4 is 0 Å². The Morgan fingerprint density at radius 1 is 1.25 bits per heavy atom. The molecule has 0 saturated carbocycles. The van der Waals surface area contributed by atoms with Gasteiger partial charge in [-0.1, -0.05) is 45.3 Å². The quantitative estimate of drug-likeness (QED) is 0.697. The molecule has 1 atom stereocenters. The predicted molar refractivity (Wildman–Crippen MR) is 70.5 cm³/mol. The molecule has 1 unspecified atom stereocenters. The Kier molecular flexibility index (Phi) is 5.37. The summed E-state index contributed by atoms with van der Waals surface area (Å²) in [5.41, 5.74) is 2.47. The third-order valence-corrected chi connectivity index (χ3v) is 3.04. The molecule has 1 aliphatic rings. The maximum absolute atomic E-state index is 10.0. The van der Waals surface area contributed by atoms with Gasteiger partial charge in [0.25, 0.3) is 0 Å². The molecule has 16 heavy (non-hydrogen) atoms. The topological polar surface area (TPSA) is 20.2 Å². The molecule has 1 rings (SSSR count). The number of unbranched alkanes of at least 4 members (excludes halogenated alkanes) is 2. The van der Waals surface area contributed by atoms with E-state index in [1.54, 1.807) is 0 Å². The summed E-state index contributed by atoms with van der Waals surface area (Å²) in [5.74, 6) is 0.797. The number of aliphatic hydroxyl groups excluding tert-OH is 1. The molecule has 0 saturated heterocycles. The van der Waals surface area contributed by atoms with Crippen molar-refractivity contribution >= 4 is 0 Å². The molecule has 0 fully saturated rings. The fourth-order valence-electron chi connectivity index (χ4n) is 2.14. The van der Waals surface area contributed by atoms with E-state index >= 15 is 0 Å². The lowest BCUT2D eigenvalue weighted by molar-refractivity contribution is 0.336. The molecule has 0 spiro atoms. The van der Waals surface area contributed by atoms with Crippen LogP contribution in [0, 0.1) is 5.92 Å². The van der Waals surface area contributed by atoms with E-state index in [2.05, 4.69) is 26.0 Å². The van der Waals surface area contributed by atoms with E-state index in [1.165, 1.54) is 24.8 Å². The lowest BCUT2D eigenvalue weighted by Gasteiger charge is -2.22. The molecule has 0 amide bonds. The van der Waals surface area contributed by atoms with Gasteiger partial charge in [-0.05, 0) is 37.0 Å². The number of hydrogen-bond donors (Lipinski definition) is 1. The van der Waals surface area contributed by atoms with Gasteiger partial charge in [-0.2, -0.15) is 0 Å². The average Bonchev–Trinajstić information content (AvgIpc) is 2.24. The highest BCUT2D eigenvalue weighted by molar-refractivity contribution is 5.40. The Morgan fingerprint density at radius 3 is 2.62 bits per heavy atom. The Bertz CT molecular complexity index is 307. The van der Waals surface area contributed by atoms with Crippen molar-refractivity contribution in [1.82, 2.24) is 0 Å². The van der Waals surface area contributed by atoms with Gasteiger partial charge in [0.15, 0.2) is 0 Å². The van der Waals surface area contributed by atoms with Gasteiger partial charge in [-0.3, -0.25) is 0 Å². The van der Waals surface area contributed by atoms with Crippen molar-refractivity contribution < 1.29 is 5.11 Å². The second kappa shape index (κ2) is 6.57. The van der Waals surface area contributed by atoms with E-state index in [-0.39, 0.29) is 5.92 Å². The van der Waals surface area contributed by atoms with Crippen molar-refractivity contribution in [1.29, 1.82) is 0 Å². The molecule has 90 valence electrons. The minimum absolute atomic E-state index is 0.246. The van der Waals surface area contributed by atoms with E-state index in [4.69, 9.17) is 0 Å². The van der Waals surface area contributed by atoms with Crippen LogP contribution in [0.25, 0.3) is 0 Å². The summed E-state index contributed by atoms with van der Waals surface area (Å²) >= 11 is 0. The second-order valence-corrected chi connectivity index (χ2v) is 4.65. The molecule has 1 N–H and O–H groups in total. The third kappa shape index (κ3) is 3.55. The van der Waals surface area contributed by atoms with Crippen LogP contribution in [-0.2, 0) is 0 Å². The smallest absolute Gasteiger partial charge is 0.0999 e. The van der Waals surface area contributed by atoms with Crippen molar-refractivity contribution in [3.63, 3.8) is 0 Å². The summed E-state index contributed by atoms with van der Waals surface area (Å²) in [4.78, 5) is 0. The Morgan fingerprint density at radius 2 is 2.00 bits per heavy atom. The van der Waals surface area contributed by atoms with Gasteiger partial charge in [0.2, 0.25) is 0 Å². The first-order chi connectivity index (χ1) is 7.69. The first-order valence-corrected chi connectivity index (χ1v) is 6.48. The van der Waals surface area contributed by atoms with Crippen LogP contribution in [0.4, 0.5) is 0 Å². The van der Waals surface area contributed by atoms with Crippen molar-refractivity contribution in [3.8, 4) is 0 Å². The van der Waals surface area contributed by atoms with Crippen molar-refractivity contribution in [2.24, 2.45) is 5.92 Å². The van der Waals surface area contributed by atoms with Crippen LogP contribution in [0.2, 0.25) is 0 Å². The molecule has 0 aromatic heterocycles. The van der Waals surface area contributed by atoms with Gasteiger partial charge >= 0.3 is 0 Å². The molecule has 0 aliphatic heterocycles. The Hall–Kier alpha value is -0.980. The normalized spacial score (nSPS) is 23.2. The number of aliphatic hydroxyl groups is 1. The van der Waals surface area contributed by atoms with Crippen LogP contribution in [-0.4, -0.2) is 5.11 Å². The lowest BCUT2D eigenvalue weighted by atomic mass is 9.85. The molecule has 0 bridgehead atoms. The molecule has 0 aromatic carbocycles. The largest absolute Gasteiger partial charge is 0.512 e. The SMILES string of the molecule is CCCC=C1C=C(C)C=C(O)C1CCCC. The van der Waals surface area contributed by atoms with E-state index in [1.807, 2.05) is 13.0 Å². The fourth-order valence-corrected chi connectivity index (χ4v) is 2.14. The maximum atomic E-state index is 10.0. The van der Waals surface area contributed by atoms with E-state index in [0.717, 1.165) is 18.4 Å². The zero-order valence-electron chi connectivity index (χ0n) is 10.8. The molecule has 1 heteroatoms. The number of allylic oxidation sites excluding steroid dienone is 5. The molecule has 0 radical (unpaired) electrons. The highest BCUT2D eigenvalue weighted by atomic mass is 16.3. The summed E-state index contributed by atoms with van der Waals surface area (Å²) in [6, 6.07) is 0. The van der Waals surface area contributed by atoms with E-state index < -0.39 is 0 Å². The number of rotatable bonds is 5. The van der Waals surface area contributed by atoms with Gasteiger partial charge in [0, 0.05) is 5.92 Å². The molecular formula is C15H24O. The van der Waals surface area contributed by atoms with Crippen molar-refractivity contribution in [2.45, 2.75) is 52.9 Å². The zero-order chi connectivity index (χ0) is 12.0. The van der Waals surface area contributed by atoms with Gasteiger partial charge in [0.05, 0.1) is 5.76 Å². The maximum Gasteiger partial charge on any atom is 0.0999 e. The Balaban J connectivity index is 2.80. The standard InChI is InChI=1S/C15H24O/c1-4-6-8-13-10-12(3)11-15(16)14(13)9-7-5-2/h8,10-11,14,16H,4-7,9H2,1-3H3. The summed E-state index contributed by atoms with van der Waals surface area (Å²) in [6.45, 7) is 6.43. The van der Waals surface area contributed by atoms with Crippen molar-refractivity contribution in [3.05, 3.63) is 35.1 Å². The first-order valence-electron chi connectivity index (χ1n) is 6.48. The summed E-state index contributed by atoms with van der Waals surface area (Å²) in [5, 5.41) is 10.0. The summed E-state index contributed by atoms with van der Waals surface area (Å²) in [7, 11) is 0. The zero-order valence-corrected chi connectivity index (χ0v) is 10.8. The predicted octanol–water partition coefficient (Wildman–Crippen LogP) is 4.92. The monoisotopic (exact) mass is 220 g/mol. The van der Waals surface area contributed by atoms with Crippen LogP contribution in [0.3, 0.4) is 0 Å². The van der Waals surface area contributed by atoms with Gasteiger partial charge in [-0.15, -0.1) is 0 Å². The average molecular weight is 220 g/mol. The lowest BCUT2D eigenvalue weighted by Crippen LogP contribution is -2.10. The Labute approximate surface area is 99.6 Å². The minimum atomic E-state index is 0.246. The van der Waals surface area contributed by atoms with E-state index in [0.29, 0.717) is 5.76 Å². The molecule has 1 nitrogen and oxygen atoms in total. The van der Waals surface area contributed by atoms with Crippen molar-refractivity contribution in [2.75, 3.05) is 0 Å².